The fourth-order valence-electron chi connectivity index (χ4n) is 3.06. The van der Waals surface area contributed by atoms with Crippen molar-refractivity contribution in [2.75, 3.05) is 6.54 Å². The van der Waals surface area contributed by atoms with Gasteiger partial charge in [-0.05, 0) is 37.8 Å². The van der Waals surface area contributed by atoms with Crippen LogP contribution in [0.3, 0.4) is 0 Å². The van der Waals surface area contributed by atoms with Gasteiger partial charge in [0.2, 0.25) is 5.91 Å². The molecular formula is C17H21N3O. The van der Waals surface area contributed by atoms with Crippen LogP contribution in [0.2, 0.25) is 0 Å². The van der Waals surface area contributed by atoms with Crippen LogP contribution in [0.25, 0.3) is 0 Å². The number of amides is 1. The van der Waals surface area contributed by atoms with Gasteiger partial charge in [0.05, 0.1) is 12.5 Å². The van der Waals surface area contributed by atoms with E-state index in [1.807, 2.05) is 11.1 Å². The fraction of sp³-hybridized carbons (Fsp3) is 0.412. The third kappa shape index (κ3) is 2.84. The number of nitrogens with one attached hydrogen (secondary N) is 1. The minimum atomic E-state index is 0.109. The molecule has 4 nitrogen and oxygen atoms in total. The van der Waals surface area contributed by atoms with Gasteiger partial charge in [0, 0.05) is 18.9 Å². The number of aromatic amines is 1. The minimum Gasteiger partial charge on any atom is -0.347 e. The number of likely N-dealkylation sites (tertiary alicyclic amines) is 1. The van der Waals surface area contributed by atoms with E-state index in [2.05, 4.69) is 42.0 Å². The molecule has 0 spiro atoms. The zero-order chi connectivity index (χ0) is 14.8. The van der Waals surface area contributed by atoms with Crippen molar-refractivity contribution in [3.63, 3.8) is 0 Å². The van der Waals surface area contributed by atoms with Crippen molar-refractivity contribution in [3.05, 3.63) is 53.1 Å². The van der Waals surface area contributed by atoms with Crippen molar-refractivity contribution < 1.29 is 4.79 Å². The number of benzene rings is 1. The molecule has 0 saturated carbocycles. The van der Waals surface area contributed by atoms with Gasteiger partial charge in [-0.3, -0.25) is 4.79 Å². The second kappa shape index (κ2) is 5.72. The number of H-pyrrole nitrogens is 1. The Labute approximate surface area is 125 Å². The summed E-state index contributed by atoms with van der Waals surface area (Å²) >= 11 is 0. The molecule has 0 bridgehead atoms. The molecule has 1 aromatic heterocycles. The topological polar surface area (TPSA) is 49.0 Å². The van der Waals surface area contributed by atoms with Gasteiger partial charge in [0.1, 0.15) is 5.82 Å². The Kier molecular flexibility index (Phi) is 3.78. The van der Waals surface area contributed by atoms with Crippen LogP contribution in [0.4, 0.5) is 0 Å². The quantitative estimate of drug-likeness (QED) is 0.941. The van der Waals surface area contributed by atoms with Gasteiger partial charge >= 0.3 is 0 Å². The summed E-state index contributed by atoms with van der Waals surface area (Å²) in [5.74, 6) is 1.10. The lowest BCUT2D eigenvalue weighted by Gasteiger charge is -2.23. The molecular weight excluding hydrogens is 262 g/mol. The summed E-state index contributed by atoms with van der Waals surface area (Å²) in [5.41, 5.74) is 3.51. The predicted octanol–water partition coefficient (Wildman–Crippen LogP) is 2.93. The number of nitrogens with zero attached hydrogens (tertiary/aromatic N) is 2. The van der Waals surface area contributed by atoms with Crippen molar-refractivity contribution >= 4 is 5.91 Å². The number of rotatable bonds is 3. The summed E-state index contributed by atoms with van der Waals surface area (Å²) in [7, 11) is 0. The molecule has 1 N–H and O–H groups in total. The Morgan fingerprint density at radius 3 is 3.05 bits per heavy atom. The van der Waals surface area contributed by atoms with Crippen LogP contribution >= 0.6 is 0 Å². The number of aryl methyl sites for hydroxylation is 2. The van der Waals surface area contributed by atoms with Gasteiger partial charge in [-0.15, -0.1) is 0 Å². The highest BCUT2D eigenvalue weighted by Crippen LogP contribution is 2.30. The first kappa shape index (κ1) is 13.9. The normalized spacial score (nSPS) is 18.2. The Bertz CT molecular complexity index is 633. The van der Waals surface area contributed by atoms with E-state index in [9.17, 15) is 4.79 Å². The molecule has 3 rings (SSSR count). The maximum Gasteiger partial charge on any atom is 0.227 e. The van der Waals surface area contributed by atoms with Crippen LogP contribution in [-0.4, -0.2) is 27.3 Å². The number of imidazole rings is 1. The second-order valence-corrected chi connectivity index (χ2v) is 5.83. The van der Waals surface area contributed by atoms with Gasteiger partial charge in [-0.2, -0.15) is 0 Å². The van der Waals surface area contributed by atoms with E-state index < -0.39 is 0 Å². The molecule has 1 amide bonds. The zero-order valence-electron chi connectivity index (χ0n) is 12.6. The number of carbonyl (C=O) groups is 1. The summed E-state index contributed by atoms with van der Waals surface area (Å²) in [6.07, 6.45) is 6.09. The molecule has 1 unspecified atom stereocenters. The molecule has 1 aliphatic rings. The van der Waals surface area contributed by atoms with E-state index >= 15 is 0 Å². The van der Waals surface area contributed by atoms with Crippen LogP contribution in [0.15, 0.2) is 30.6 Å². The third-order valence-corrected chi connectivity index (χ3v) is 4.25. The number of hydrogen-bond acceptors (Lipinski definition) is 2. The van der Waals surface area contributed by atoms with Crippen molar-refractivity contribution in [2.45, 2.75) is 39.2 Å². The lowest BCUT2D eigenvalue weighted by molar-refractivity contribution is -0.131. The summed E-state index contributed by atoms with van der Waals surface area (Å²) in [6, 6.07) is 6.40. The highest BCUT2D eigenvalue weighted by Gasteiger charge is 2.31. The van der Waals surface area contributed by atoms with Crippen LogP contribution in [0.1, 0.15) is 41.4 Å². The Morgan fingerprint density at radius 1 is 1.43 bits per heavy atom. The lowest BCUT2D eigenvalue weighted by Crippen LogP contribution is -2.32. The van der Waals surface area contributed by atoms with Gasteiger partial charge in [0.15, 0.2) is 0 Å². The Balaban J connectivity index is 1.77. The molecule has 0 aliphatic carbocycles. The molecule has 110 valence electrons. The van der Waals surface area contributed by atoms with E-state index in [1.165, 1.54) is 11.1 Å². The van der Waals surface area contributed by atoms with Crippen LogP contribution in [-0.2, 0) is 11.2 Å². The first-order chi connectivity index (χ1) is 10.1. The number of aromatic nitrogens is 2. The number of carbonyl (C=O) groups excluding carboxylic acids is 1. The summed E-state index contributed by atoms with van der Waals surface area (Å²) in [5, 5.41) is 0. The fourth-order valence-corrected chi connectivity index (χ4v) is 3.06. The van der Waals surface area contributed by atoms with E-state index in [0.29, 0.717) is 6.42 Å². The standard InChI is InChI=1S/C17H21N3O/c1-12-5-6-13(2)14(10-12)11-16(21)20-9-3-4-15(20)17-18-7-8-19-17/h5-8,10,15H,3-4,9,11H2,1-2H3,(H,18,19). The predicted molar refractivity (Wildman–Crippen MR) is 81.9 cm³/mol. The molecule has 0 radical (unpaired) electrons. The van der Waals surface area contributed by atoms with E-state index in [1.54, 1.807) is 6.20 Å². The van der Waals surface area contributed by atoms with Crippen molar-refractivity contribution in [1.82, 2.24) is 14.9 Å². The maximum absolute atomic E-state index is 12.7. The monoisotopic (exact) mass is 283 g/mol. The number of hydrogen-bond donors (Lipinski definition) is 1. The Morgan fingerprint density at radius 2 is 2.29 bits per heavy atom. The minimum absolute atomic E-state index is 0.109. The van der Waals surface area contributed by atoms with Crippen LogP contribution in [0, 0.1) is 13.8 Å². The average molecular weight is 283 g/mol. The van der Waals surface area contributed by atoms with Gasteiger partial charge < -0.3 is 9.88 Å². The van der Waals surface area contributed by atoms with E-state index in [0.717, 1.165) is 30.8 Å². The molecule has 2 aromatic rings. The molecule has 4 heteroatoms. The summed E-state index contributed by atoms with van der Waals surface area (Å²) < 4.78 is 0. The van der Waals surface area contributed by atoms with Crippen molar-refractivity contribution in [3.8, 4) is 0 Å². The molecule has 1 fully saturated rings. The van der Waals surface area contributed by atoms with E-state index in [4.69, 9.17) is 0 Å². The summed E-state index contributed by atoms with van der Waals surface area (Å²) in [6.45, 7) is 4.96. The first-order valence-electron chi connectivity index (χ1n) is 7.50. The molecule has 1 saturated heterocycles. The van der Waals surface area contributed by atoms with E-state index in [-0.39, 0.29) is 11.9 Å². The van der Waals surface area contributed by atoms with Gasteiger partial charge in [0.25, 0.3) is 0 Å². The highest BCUT2D eigenvalue weighted by molar-refractivity contribution is 5.79. The largest absolute Gasteiger partial charge is 0.347 e. The molecule has 1 atom stereocenters. The molecule has 1 aromatic carbocycles. The first-order valence-corrected chi connectivity index (χ1v) is 7.50. The van der Waals surface area contributed by atoms with Crippen LogP contribution < -0.4 is 0 Å². The van der Waals surface area contributed by atoms with Gasteiger partial charge in [-0.1, -0.05) is 23.8 Å². The third-order valence-electron chi connectivity index (χ3n) is 4.25. The highest BCUT2D eigenvalue weighted by atomic mass is 16.2. The Hall–Kier alpha value is -2.10. The zero-order valence-corrected chi connectivity index (χ0v) is 12.6. The maximum atomic E-state index is 12.7. The smallest absolute Gasteiger partial charge is 0.227 e. The van der Waals surface area contributed by atoms with Crippen LogP contribution in [0.5, 0.6) is 0 Å². The SMILES string of the molecule is Cc1ccc(C)c(CC(=O)N2CCCC2c2ncc[nH]2)c1. The molecule has 21 heavy (non-hydrogen) atoms. The van der Waals surface area contributed by atoms with Gasteiger partial charge in [-0.25, -0.2) is 4.98 Å². The summed E-state index contributed by atoms with van der Waals surface area (Å²) in [4.78, 5) is 22.1. The molecule has 1 aliphatic heterocycles. The second-order valence-electron chi connectivity index (χ2n) is 5.83. The average Bonchev–Trinajstić information content (AvgIpc) is 3.12. The van der Waals surface area contributed by atoms with Crippen molar-refractivity contribution in [1.29, 1.82) is 0 Å². The van der Waals surface area contributed by atoms with Crippen molar-refractivity contribution in [2.24, 2.45) is 0 Å². The lowest BCUT2D eigenvalue weighted by atomic mass is 10.0. The molecule has 2 heterocycles.